The summed E-state index contributed by atoms with van der Waals surface area (Å²) in [5.41, 5.74) is 2.06. The molecule has 0 aromatic heterocycles. The Hall–Kier alpha value is -1.87. The molecule has 0 spiro atoms. The summed E-state index contributed by atoms with van der Waals surface area (Å²) >= 11 is 0. The van der Waals surface area contributed by atoms with E-state index in [4.69, 9.17) is 13.6 Å². The Bertz CT molecular complexity index is 1010. The van der Waals surface area contributed by atoms with E-state index < -0.39 is 16.6 Å². The monoisotopic (exact) mass is 570 g/mol. The van der Waals surface area contributed by atoms with Crippen LogP contribution in [0.25, 0.3) is 12.2 Å². The van der Waals surface area contributed by atoms with Crippen LogP contribution in [0.1, 0.15) is 72.4 Å². The molecule has 6 heteroatoms. The van der Waals surface area contributed by atoms with Crippen LogP contribution < -0.4 is 4.74 Å². The van der Waals surface area contributed by atoms with Crippen molar-refractivity contribution in [1.29, 1.82) is 0 Å². The van der Waals surface area contributed by atoms with Gasteiger partial charge in [-0.25, -0.2) is 0 Å². The second-order valence-corrected chi connectivity index (χ2v) is 23.7. The van der Waals surface area contributed by atoms with Gasteiger partial charge >= 0.3 is 0 Å². The van der Waals surface area contributed by atoms with Crippen LogP contribution in [0.5, 0.6) is 11.5 Å². The first-order valence-corrected chi connectivity index (χ1v) is 20.2. The van der Waals surface area contributed by atoms with Gasteiger partial charge in [-0.2, -0.15) is 0 Å². The molecule has 2 aromatic carbocycles. The minimum absolute atomic E-state index is 0.0855. The highest BCUT2D eigenvalue weighted by Gasteiger charge is 2.43. The Morgan fingerprint density at radius 2 is 1.10 bits per heavy atom. The van der Waals surface area contributed by atoms with E-state index >= 15 is 0 Å². The summed E-state index contributed by atoms with van der Waals surface area (Å²) in [4.78, 5) is 0. The summed E-state index contributed by atoms with van der Waals surface area (Å²) in [5, 5.41) is 9.79. The van der Waals surface area contributed by atoms with Gasteiger partial charge in [-0.1, -0.05) is 84.9 Å². The van der Waals surface area contributed by atoms with Crippen molar-refractivity contribution >= 4 is 28.8 Å². The maximum atomic E-state index is 9.46. The summed E-state index contributed by atoms with van der Waals surface area (Å²) in [5.74, 6) is 1.15. The van der Waals surface area contributed by atoms with Crippen molar-refractivity contribution in [3.8, 4) is 11.5 Å². The van der Waals surface area contributed by atoms with Crippen molar-refractivity contribution in [2.45, 2.75) is 97.6 Å². The van der Waals surface area contributed by atoms with Gasteiger partial charge < -0.3 is 18.7 Å². The second-order valence-electron chi connectivity index (χ2n) is 14.0. The third-order valence-electron chi connectivity index (χ3n) is 8.98. The lowest BCUT2D eigenvalue weighted by molar-refractivity contribution is 0.0416. The van der Waals surface area contributed by atoms with Crippen molar-refractivity contribution in [2.75, 3.05) is 19.8 Å². The molecule has 0 unspecified atom stereocenters. The van der Waals surface area contributed by atoms with E-state index in [1.807, 2.05) is 30.3 Å². The van der Waals surface area contributed by atoms with Crippen LogP contribution in [0.15, 0.2) is 48.5 Å². The zero-order valence-corrected chi connectivity index (χ0v) is 28.5. The zero-order valence-electron chi connectivity index (χ0n) is 26.5. The van der Waals surface area contributed by atoms with Gasteiger partial charge in [0.15, 0.2) is 16.6 Å². The third-order valence-corrected chi connectivity index (χ3v) is 17.9. The van der Waals surface area contributed by atoms with Gasteiger partial charge in [-0.3, -0.25) is 0 Å². The van der Waals surface area contributed by atoms with Crippen LogP contribution in [0.2, 0.25) is 36.3 Å². The molecule has 39 heavy (non-hydrogen) atoms. The summed E-state index contributed by atoms with van der Waals surface area (Å²) in [7, 11) is -3.78. The van der Waals surface area contributed by atoms with E-state index in [0.717, 1.165) is 29.7 Å². The van der Waals surface area contributed by atoms with Crippen LogP contribution >= 0.6 is 0 Å². The van der Waals surface area contributed by atoms with E-state index in [0.29, 0.717) is 19.8 Å². The molecule has 0 saturated carbocycles. The SMILES string of the molecule is CCC(CCOc1ccc(/C=C/c2ccc(O)cc2)cc1)(CO[Si](C)(C)C(C)(C)C)CO[Si](C)(C)C(C)(C)C. The number of ether oxygens (including phenoxy) is 1. The van der Waals surface area contributed by atoms with Gasteiger partial charge in [0.1, 0.15) is 11.5 Å². The molecule has 0 aliphatic rings. The van der Waals surface area contributed by atoms with Crippen molar-refractivity contribution in [3.05, 3.63) is 59.7 Å². The van der Waals surface area contributed by atoms with E-state index in [9.17, 15) is 5.11 Å². The molecule has 0 atom stereocenters. The molecular formula is C33H54O4Si2. The maximum Gasteiger partial charge on any atom is 0.192 e. The molecule has 0 fully saturated rings. The molecule has 0 heterocycles. The first-order valence-electron chi connectivity index (χ1n) is 14.4. The number of aromatic hydroxyl groups is 1. The Morgan fingerprint density at radius 1 is 0.692 bits per heavy atom. The predicted octanol–water partition coefficient (Wildman–Crippen LogP) is 9.77. The largest absolute Gasteiger partial charge is 0.508 e. The van der Waals surface area contributed by atoms with Gasteiger partial charge in [0.05, 0.1) is 6.61 Å². The lowest BCUT2D eigenvalue weighted by atomic mass is 9.84. The van der Waals surface area contributed by atoms with Gasteiger partial charge in [0, 0.05) is 18.6 Å². The molecule has 0 aliphatic heterocycles. The number of benzene rings is 2. The lowest BCUT2D eigenvalue weighted by Crippen LogP contribution is -2.48. The second kappa shape index (κ2) is 13.2. The highest BCUT2D eigenvalue weighted by Crippen LogP contribution is 2.41. The highest BCUT2D eigenvalue weighted by molar-refractivity contribution is 6.74. The fraction of sp³-hybridized carbons (Fsp3) is 0.576. The van der Waals surface area contributed by atoms with Gasteiger partial charge in [-0.15, -0.1) is 0 Å². The molecule has 1 N–H and O–H groups in total. The van der Waals surface area contributed by atoms with Gasteiger partial charge in [0.25, 0.3) is 0 Å². The number of rotatable bonds is 13. The number of hydrogen-bond donors (Lipinski definition) is 1. The normalized spacial score (nSPS) is 13.7. The smallest absolute Gasteiger partial charge is 0.192 e. The van der Waals surface area contributed by atoms with Crippen LogP contribution in [-0.4, -0.2) is 41.6 Å². The molecule has 0 bridgehead atoms. The summed E-state index contributed by atoms with van der Waals surface area (Å²) < 4.78 is 19.8. The third kappa shape index (κ3) is 9.92. The summed E-state index contributed by atoms with van der Waals surface area (Å²) in [6.45, 7) is 27.4. The minimum atomic E-state index is -1.89. The first kappa shape index (κ1) is 33.3. The molecule has 0 radical (unpaired) electrons. The fourth-order valence-electron chi connectivity index (χ4n) is 3.51. The fourth-order valence-corrected chi connectivity index (χ4v) is 5.71. The molecule has 4 nitrogen and oxygen atoms in total. The van der Waals surface area contributed by atoms with Crippen LogP contribution in [0.4, 0.5) is 0 Å². The predicted molar refractivity (Wildman–Crippen MR) is 173 cm³/mol. The molecule has 0 saturated heterocycles. The standard InChI is InChI=1S/C33H54O4Si2/c1-12-33(25-36-38(8,9)31(2,3)4,26-37-39(10,11)32(5,6)7)23-24-35-30-21-17-28(18-22-30)14-13-27-15-19-29(34)20-16-27/h13-22,34H,12,23-26H2,1-11H3/b14-13+. The van der Waals surface area contributed by atoms with Crippen molar-refractivity contribution in [2.24, 2.45) is 5.41 Å². The number of phenols is 1. The van der Waals surface area contributed by atoms with E-state index in [-0.39, 0.29) is 21.2 Å². The molecular weight excluding hydrogens is 517 g/mol. The average molecular weight is 571 g/mol. The Kier molecular flexibility index (Phi) is 11.3. The van der Waals surface area contributed by atoms with E-state index in [1.165, 1.54) is 0 Å². The Labute approximate surface area is 241 Å². The molecule has 0 amide bonds. The lowest BCUT2D eigenvalue weighted by Gasteiger charge is -2.44. The quantitative estimate of drug-likeness (QED) is 0.192. The molecule has 0 aliphatic carbocycles. The Balaban J connectivity index is 2.09. The molecule has 218 valence electrons. The number of phenolic OH excluding ortho intramolecular Hbond substituents is 1. The molecule has 2 aromatic rings. The highest BCUT2D eigenvalue weighted by atomic mass is 28.4. The van der Waals surface area contributed by atoms with Crippen LogP contribution in [0, 0.1) is 5.41 Å². The average Bonchev–Trinajstić information content (AvgIpc) is 2.84. The Morgan fingerprint density at radius 3 is 1.49 bits per heavy atom. The summed E-state index contributed by atoms with van der Waals surface area (Å²) in [6, 6.07) is 15.4. The molecule has 2 rings (SSSR count). The van der Waals surface area contributed by atoms with Crippen molar-refractivity contribution in [3.63, 3.8) is 0 Å². The van der Waals surface area contributed by atoms with E-state index in [1.54, 1.807) is 12.1 Å². The van der Waals surface area contributed by atoms with E-state index in [2.05, 4.69) is 92.9 Å². The maximum absolute atomic E-state index is 9.46. The van der Waals surface area contributed by atoms with Crippen LogP contribution in [-0.2, 0) is 8.85 Å². The first-order chi connectivity index (χ1) is 17.9. The zero-order chi connectivity index (χ0) is 29.5. The number of hydrogen-bond acceptors (Lipinski definition) is 4. The summed E-state index contributed by atoms with van der Waals surface area (Å²) in [6.07, 6.45) is 5.97. The van der Waals surface area contributed by atoms with Gasteiger partial charge in [0.2, 0.25) is 0 Å². The van der Waals surface area contributed by atoms with Crippen LogP contribution in [0.3, 0.4) is 0 Å². The topological polar surface area (TPSA) is 47.9 Å². The van der Waals surface area contributed by atoms with Crippen molar-refractivity contribution in [1.82, 2.24) is 0 Å². The van der Waals surface area contributed by atoms with Gasteiger partial charge in [-0.05, 0) is 84.5 Å². The minimum Gasteiger partial charge on any atom is -0.508 e. The van der Waals surface area contributed by atoms with Crippen molar-refractivity contribution < 1.29 is 18.7 Å².